The minimum atomic E-state index is -0.134. The molecule has 0 aliphatic rings. The highest BCUT2D eigenvalue weighted by atomic mass is 16.5. The van der Waals surface area contributed by atoms with Crippen LogP contribution in [0.3, 0.4) is 0 Å². The fraction of sp³-hybridized carbons (Fsp3) is 0.261. The molecule has 0 saturated carbocycles. The van der Waals surface area contributed by atoms with Gasteiger partial charge in [0.15, 0.2) is 0 Å². The molecule has 1 aromatic heterocycles. The zero-order valence-corrected chi connectivity index (χ0v) is 16.4. The molecule has 0 unspecified atom stereocenters. The summed E-state index contributed by atoms with van der Waals surface area (Å²) < 4.78 is 7.27. The number of anilines is 1. The maximum Gasteiger partial charge on any atom is 0.272 e. The number of aryl methyl sites for hydroxylation is 1. The van der Waals surface area contributed by atoms with E-state index in [1.54, 1.807) is 7.11 Å². The van der Waals surface area contributed by atoms with Gasteiger partial charge in [-0.25, -0.2) is 0 Å². The molecule has 0 bridgehead atoms. The summed E-state index contributed by atoms with van der Waals surface area (Å²) in [6.45, 7) is 10.8. The zero-order valence-electron chi connectivity index (χ0n) is 16.4. The summed E-state index contributed by atoms with van der Waals surface area (Å²) in [6.07, 6.45) is 1.82. The number of hydrogen-bond acceptors (Lipinski definition) is 2. The molecule has 0 atom stereocenters. The van der Waals surface area contributed by atoms with E-state index in [-0.39, 0.29) is 5.91 Å². The summed E-state index contributed by atoms with van der Waals surface area (Å²) in [7, 11) is 1.61. The summed E-state index contributed by atoms with van der Waals surface area (Å²) in [5.74, 6) is 1.01. The van der Waals surface area contributed by atoms with E-state index in [1.165, 1.54) is 5.56 Å². The van der Waals surface area contributed by atoms with Crippen LogP contribution in [0.4, 0.5) is 5.69 Å². The van der Waals surface area contributed by atoms with E-state index in [0.717, 1.165) is 16.5 Å². The third kappa shape index (κ3) is 3.61. The molecular weight excluding hydrogens is 336 g/mol. The van der Waals surface area contributed by atoms with E-state index < -0.39 is 0 Å². The number of benzene rings is 2. The Bertz CT molecular complexity index is 999. The Balaban J connectivity index is 2.08. The molecule has 2 aromatic carbocycles. The highest BCUT2D eigenvalue weighted by Gasteiger charge is 2.20. The second kappa shape index (κ2) is 7.70. The number of rotatable bonds is 6. The minimum absolute atomic E-state index is 0.134. The molecule has 3 aromatic rings. The topological polar surface area (TPSA) is 43.3 Å². The van der Waals surface area contributed by atoms with Crippen molar-refractivity contribution in [1.29, 1.82) is 0 Å². The van der Waals surface area contributed by atoms with Gasteiger partial charge in [0.2, 0.25) is 0 Å². The fourth-order valence-electron chi connectivity index (χ4n) is 3.40. The van der Waals surface area contributed by atoms with Gasteiger partial charge in [-0.1, -0.05) is 32.1 Å². The van der Waals surface area contributed by atoms with Gasteiger partial charge in [-0.05, 0) is 48.2 Å². The maximum atomic E-state index is 13.1. The fourth-order valence-corrected chi connectivity index (χ4v) is 3.40. The summed E-state index contributed by atoms with van der Waals surface area (Å²) in [4.78, 5) is 13.1. The highest BCUT2D eigenvalue weighted by Crippen LogP contribution is 2.30. The van der Waals surface area contributed by atoms with Crippen LogP contribution in [0.5, 0.6) is 5.75 Å². The van der Waals surface area contributed by atoms with Crippen molar-refractivity contribution in [2.75, 3.05) is 12.4 Å². The lowest BCUT2D eigenvalue weighted by atomic mass is 10.0. The number of nitrogens with zero attached hydrogens (tertiary/aromatic N) is 1. The van der Waals surface area contributed by atoms with Crippen molar-refractivity contribution in [2.24, 2.45) is 0 Å². The van der Waals surface area contributed by atoms with Gasteiger partial charge >= 0.3 is 0 Å². The first kappa shape index (κ1) is 18.8. The predicted octanol–water partition coefficient (Wildman–Crippen LogP) is 5.52. The maximum absolute atomic E-state index is 13.1. The lowest BCUT2D eigenvalue weighted by molar-refractivity contribution is 0.101. The van der Waals surface area contributed by atoms with Gasteiger partial charge in [-0.2, -0.15) is 0 Å². The Morgan fingerprint density at radius 1 is 1.26 bits per heavy atom. The Kier molecular flexibility index (Phi) is 5.36. The highest BCUT2D eigenvalue weighted by molar-refractivity contribution is 6.08. The monoisotopic (exact) mass is 362 g/mol. The molecule has 1 N–H and O–H groups in total. The standard InChI is InChI=1S/C23H26N2O2/c1-6-12-25-21-11-10-17(15(2)3)13-20(21)16(4)22(25)23(26)24-18-8-7-9-19(14-18)27-5/h6-11,13-15H,1,12H2,2-5H3,(H,24,26). The number of aromatic nitrogens is 1. The van der Waals surface area contributed by atoms with Crippen molar-refractivity contribution in [3.8, 4) is 5.75 Å². The largest absolute Gasteiger partial charge is 0.497 e. The first-order valence-electron chi connectivity index (χ1n) is 9.15. The predicted molar refractivity (Wildman–Crippen MR) is 112 cm³/mol. The Morgan fingerprint density at radius 3 is 2.70 bits per heavy atom. The molecule has 0 spiro atoms. The summed E-state index contributed by atoms with van der Waals surface area (Å²) >= 11 is 0. The van der Waals surface area contributed by atoms with Crippen molar-refractivity contribution in [3.63, 3.8) is 0 Å². The van der Waals surface area contributed by atoms with Crippen LogP contribution in [0.25, 0.3) is 10.9 Å². The first-order valence-corrected chi connectivity index (χ1v) is 9.15. The molecular formula is C23H26N2O2. The van der Waals surface area contributed by atoms with E-state index in [2.05, 4.69) is 43.9 Å². The van der Waals surface area contributed by atoms with E-state index in [9.17, 15) is 4.79 Å². The van der Waals surface area contributed by atoms with Gasteiger partial charge in [0, 0.05) is 29.2 Å². The molecule has 1 amide bonds. The second-order valence-corrected chi connectivity index (χ2v) is 6.99. The molecule has 0 saturated heterocycles. The molecule has 1 heterocycles. The SMILES string of the molecule is C=CCn1c(C(=O)Nc2cccc(OC)c2)c(C)c2cc(C(C)C)ccc21. The van der Waals surface area contributed by atoms with Crippen LogP contribution in [0.15, 0.2) is 55.1 Å². The summed E-state index contributed by atoms with van der Waals surface area (Å²) in [6, 6.07) is 13.8. The van der Waals surface area contributed by atoms with Gasteiger partial charge in [-0.3, -0.25) is 4.79 Å². The van der Waals surface area contributed by atoms with Crippen molar-refractivity contribution in [2.45, 2.75) is 33.2 Å². The van der Waals surface area contributed by atoms with E-state index >= 15 is 0 Å². The average molecular weight is 362 g/mol. The third-order valence-corrected chi connectivity index (χ3v) is 4.86. The number of fused-ring (bicyclic) bond motifs is 1. The molecule has 0 radical (unpaired) electrons. The van der Waals surface area contributed by atoms with Crippen molar-refractivity contribution in [1.82, 2.24) is 4.57 Å². The molecule has 27 heavy (non-hydrogen) atoms. The third-order valence-electron chi connectivity index (χ3n) is 4.86. The molecule has 4 heteroatoms. The number of carbonyl (C=O) groups excluding carboxylic acids is 1. The van der Waals surface area contributed by atoms with Crippen LogP contribution in [0, 0.1) is 6.92 Å². The minimum Gasteiger partial charge on any atom is -0.497 e. The van der Waals surface area contributed by atoms with E-state index in [4.69, 9.17) is 4.74 Å². The Labute approximate surface area is 160 Å². The Hall–Kier alpha value is -3.01. The van der Waals surface area contributed by atoms with E-state index in [0.29, 0.717) is 29.6 Å². The molecule has 0 aliphatic heterocycles. The number of nitrogens with one attached hydrogen (secondary N) is 1. The van der Waals surface area contributed by atoms with Gasteiger partial charge in [0.25, 0.3) is 5.91 Å². The number of ether oxygens (including phenoxy) is 1. The summed E-state index contributed by atoms with van der Waals surface area (Å²) in [5, 5.41) is 4.11. The van der Waals surface area contributed by atoms with Crippen LogP contribution >= 0.6 is 0 Å². The second-order valence-electron chi connectivity index (χ2n) is 6.99. The van der Waals surface area contributed by atoms with Crippen LogP contribution < -0.4 is 10.1 Å². The lowest BCUT2D eigenvalue weighted by Gasteiger charge is -2.11. The quantitative estimate of drug-likeness (QED) is 0.587. The molecule has 140 valence electrons. The number of hydrogen-bond donors (Lipinski definition) is 1. The van der Waals surface area contributed by atoms with Crippen molar-refractivity contribution >= 4 is 22.5 Å². The van der Waals surface area contributed by atoms with Crippen molar-refractivity contribution < 1.29 is 9.53 Å². The molecule has 3 rings (SSSR count). The van der Waals surface area contributed by atoms with Gasteiger partial charge in [-0.15, -0.1) is 6.58 Å². The Morgan fingerprint density at radius 2 is 2.04 bits per heavy atom. The molecule has 4 nitrogen and oxygen atoms in total. The number of carbonyl (C=O) groups is 1. The number of methoxy groups -OCH3 is 1. The molecule has 0 fully saturated rings. The first-order chi connectivity index (χ1) is 13.0. The zero-order chi connectivity index (χ0) is 19.6. The number of allylic oxidation sites excluding steroid dienone is 1. The molecule has 0 aliphatic carbocycles. The van der Waals surface area contributed by atoms with Gasteiger partial charge in [0.1, 0.15) is 11.4 Å². The summed E-state index contributed by atoms with van der Waals surface area (Å²) in [5.41, 5.74) is 4.66. The smallest absolute Gasteiger partial charge is 0.272 e. The average Bonchev–Trinajstić information content (AvgIpc) is 2.93. The van der Waals surface area contributed by atoms with Crippen LogP contribution in [-0.2, 0) is 6.54 Å². The normalized spacial score (nSPS) is 11.0. The van der Waals surface area contributed by atoms with Crippen LogP contribution in [0.2, 0.25) is 0 Å². The number of amides is 1. The lowest BCUT2D eigenvalue weighted by Crippen LogP contribution is -2.18. The van der Waals surface area contributed by atoms with Crippen LogP contribution in [0.1, 0.15) is 41.4 Å². The van der Waals surface area contributed by atoms with Crippen LogP contribution in [-0.4, -0.2) is 17.6 Å². The van der Waals surface area contributed by atoms with Crippen molar-refractivity contribution in [3.05, 3.63) is 71.9 Å². The van der Waals surface area contributed by atoms with Gasteiger partial charge < -0.3 is 14.6 Å². The van der Waals surface area contributed by atoms with E-state index in [1.807, 2.05) is 41.8 Å². The van der Waals surface area contributed by atoms with Gasteiger partial charge in [0.05, 0.1) is 7.11 Å².